The fraction of sp³-hybridized carbons (Fsp3) is 0.588. The van der Waals surface area contributed by atoms with E-state index in [1.165, 1.54) is 32.1 Å². The molecule has 2 aromatic carbocycles. The maximum atomic E-state index is 12.9. The van der Waals surface area contributed by atoms with Crippen LogP contribution >= 0.6 is 0 Å². The molecule has 7 nitrogen and oxygen atoms in total. The summed E-state index contributed by atoms with van der Waals surface area (Å²) < 4.78 is 16.4. The summed E-state index contributed by atoms with van der Waals surface area (Å²) in [6.45, 7) is 3.84. The monoisotopic (exact) mass is 567 g/mol. The van der Waals surface area contributed by atoms with E-state index in [0.717, 1.165) is 37.0 Å². The van der Waals surface area contributed by atoms with Crippen LogP contribution in [0.5, 0.6) is 11.5 Å². The minimum Gasteiger partial charge on any atom is -0.494 e. The number of rotatable bonds is 20. The fourth-order valence-corrected chi connectivity index (χ4v) is 5.40. The van der Waals surface area contributed by atoms with Gasteiger partial charge >= 0.3 is 0 Å². The first-order chi connectivity index (χ1) is 20.0. The first-order valence-corrected chi connectivity index (χ1v) is 15.4. The van der Waals surface area contributed by atoms with Gasteiger partial charge in [-0.3, -0.25) is 9.59 Å². The Morgan fingerprint density at radius 3 is 2.17 bits per heavy atom. The number of Topliss-reactive ketones (excluding diaryl/α,β-unsaturated/α-hetero) is 1. The minimum atomic E-state index is -0.801. The molecule has 2 atom stereocenters. The van der Waals surface area contributed by atoms with Gasteiger partial charge in [-0.1, -0.05) is 64.0 Å². The predicted octanol–water partition coefficient (Wildman–Crippen LogP) is 6.82. The number of ketones is 1. The van der Waals surface area contributed by atoms with E-state index in [4.69, 9.17) is 14.2 Å². The van der Waals surface area contributed by atoms with Crippen molar-refractivity contribution in [3.63, 3.8) is 0 Å². The molecule has 1 aliphatic rings. The van der Waals surface area contributed by atoms with Gasteiger partial charge in [-0.05, 0) is 67.1 Å². The molecule has 0 saturated heterocycles. The predicted molar refractivity (Wildman–Crippen MR) is 162 cm³/mol. The van der Waals surface area contributed by atoms with Crippen LogP contribution in [0.2, 0.25) is 0 Å². The van der Waals surface area contributed by atoms with Gasteiger partial charge in [0, 0.05) is 25.5 Å². The summed E-state index contributed by atoms with van der Waals surface area (Å²) in [4.78, 5) is 25.6. The molecule has 2 N–H and O–H groups in total. The molecule has 1 fully saturated rings. The van der Waals surface area contributed by atoms with Crippen molar-refractivity contribution in [2.75, 3.05) is 26.9 Å². The first-order valence-electron chi connectivity index (χ1n) is 15.4. The van der Waals surface area contributed by atoms with Gasteiger partial charge in [0.15, 0.2) is 5.78 Å². The number of aliphatic hydroxyl groups is 1. The molecule has 0 aliphatic heterocycles. The van der Waals surface area contributed by atoms with Crippen LogP contribution in [0, 0.1) is 5.92 Å². The molecule has 0 unspecified atom stereocenters. The van der Waals surface area contributed by atoms with Crippen molar-refractivity contribution >= 4 is 11.7 Å². The van der Waals surface area contributed by atoms with Gasteiger partial charge in [-0.25, -0.2) is 0 Å². The molecule has 7 heteroatoms. The number of carbonyl (C=O) groups is 2. The Labute approximate surface area is 246 Å². The maximum Gasteiger partial charge on any atom is 0.220 e. The number of nitrogens with one attached hydrogen (secondary N) is 1. The lowest BCUT2D eigenvalue weighted by Gasteiger charge is -2.27. The molecule has 0 radical (unpaired) electrons. The SMILES string of the molecule is CCCCCCOc1ccc([C@@H](O)[C@@H](CC2CCCC2)NC(=O)CCCC(=O)c2ccc(OCCOC)cc2)cc1. The zero-order valence-corrected chi connectivity index (χ0v) is 24.9. The molecule has 0 spiro atoms. The van der Waals surface area contributed by atoms with Crippen LogP contribution in [0.3, 0.4) is 0 Å². The number of hydrogen-bond donors (Lipinski definition) is 2. The van der Waals surface area contributed by atoms with E-state index >= 15 is 0 Å². The first kappa shape index (κ1) is 32.6. The second-order valence-corrected chi connectivity index (χ2v) is 11.1. The van der Waals surface area contributed by atoms with Crippen LogP contribution in [0.15, 0.2) is 48.5 Å². The molecule has 3 rings (SSSR count). The quantitative estimate of drug-likeness (QED) is 0.135. The number of amides is 1. The summed E-state index contributed by atoms with van der Waals surface area (Å²) in [5.41, 5.74) is 1.38. The summed E-state index contributed by atoms with van der Waals surface area (Å²) in [6, 6.07) is 14.3. The molecule has 41 heavy (non-hydrogen) atoms. The minimum absolute atomic E-state index is 0.00328. The van der Waals surface area contributed by atoms with E-state index in [1.807, 2.05) is 24.3 Å². The van der Waals surface area contributed by atoms with E-state index in [9.17, 15) is 14.7 Å². The van der Waals surface area contributed by atoms with E-state index in [1.54, 1.807) is 31.4 Å². The summed E-state index contributed by atoms with van der Waals surface area (Å²) in [6.07, 6.45) is 10.2. The molecule has 2 aromatic rings. The molecule has 0 aromatic heterocycles. The highest BCUT2D eigenvalue weighted by Gasteiger charge is 2.28. The van der Waals surface area contributed by atoms with Crippen LogP contribution in [-0.4, -0.2) is 49.8 Å². The molecular formula is C34H49NO6. The Kier molecular flexibility index (Phi) is 14.7. The van der Waals surface area contributed by atoms with Crippen molar-refractivity contribution < 1.29 is 28.9 Å². The highest BCUT2D eigenvalue weighted by Crippen LogP contribution is 2.32. The van der Waals surface area contributed by atoms with Crippen molar-refractivity contribution in [3.05, 3.63) is 59.7 Å². The summed E-state index contributed by atoms with van der Waals surface area (Å²) in [5.74, 6) is 1.86. The number of ether oxygens (including phenoxy) is 3. The lowest BCUT2D eigenvalue weighted by Crippen LogP contribution is -2.40. The smallest absolute Gasteiger partial charge is 0.220 e. The third kappa shape index (κ3) is 11.9. The lowest BCUT2D eigenvalue weighted by molar-refractivity contribution is -0.123. The van der Waals surface area contributed by atoms with Crippen molar-refractivity contribution in [1.82, 2.24) is 5.32 Å². The summed E-state index contributed by atoms with van der Waals surface area (Å²) >= 11 is 0. The molecule has 0 bridgehead atoms. The molecule has 226 valence electrons. The number of carbonyl (C=O) groups excluding carboxylic acids is 2. The third-order valence-corrected chi connectivity index (χ3v) is 7.82. The third-order valence-electron chi connectivity index (χ3n) is 7.82. The van der Waals surface area contributed by atoms with Crippen molar-refractivity contribution in [2.45, 2.75) is 96.1 Å². The Morgan fingerprint density at radius 1 is 0.854 bits per heavy atom. The van der Waals surface area contributed by atoms with E-state index in [0.29, 0.717) is 43.5 Å². The van der Waals surface area contributed by atoms with Crippen LogP contribution < -0.4 is 14.8 Å². The van der Waals surface area contributed by atoms with Gasteiger partial charge in [-0.2, -0.15) is 0 Å². The molecule has 1 saturated carbocycles. The Hall–Kier alpha value is -2.90. The Balaban J connectivity index is 1.48. The number of unbranched alkanes of at least 4 members (excludes halogenated alkanes) is 3. The molecule has 1 amide bonds. The fourth-order valence-electron chi connectivity index (χ4n) is 5.40. The van der Waals surface area contributed by atoms with E-state index < -0.39 is 6.10 Å². The Morgan fingerprint density at radius 2 is 1.51 bits per heavy atom. The van der Waals surface area contributed by atoms with Gasteiger partial charge < -0.3 is 24.6 Å². The summed E-state index contributed by atoms with van der Waals surface area (Å²) in [5, 5.41) is 14.4. The van der Waals surface area contributed by atoms with Gasteiger partial charge in [0.2, 0.25) is 5.91 Å². The van der Waals surface area contributed by atoms with E-state index in [2.05, 4.69) is 12.2 Å². The van der Waals surface area contributed by atoms with Crippen LogP contribution in [0.4, 0.5) is 0 Å². The lowest BCUT2D eigenvalue weighted by atomic mass is 9.91. The Bertz CT molecular complexity index is 1020. The normalized spacial score (nSPS) is 14.9. The zero-order valence-electron chi connectivity index (χ0n) is 24.9. The molecule has 0 heterocycles. The van der Waals surface area contributed by atoms with Gasteiger partial charge in [0.1, 0.15) is 18.1 Å². The standard InChI is InChI=1S/C34H49NO6/c1-3-4-5-8-22-40-29-20-16-28(17-21-29)34(38)31(25-26-10-6-7-11-26)35-33(37)13-9-12-32(36)27-14-18-30(19-15-27)41-24-23-39-2/h14-21,26,31,34,38H,3-13,22-25H2,1-2H3,(H,35,37)/t31-,34-/m1/s1. The maximum absolute atomic E-state index is 12.9. The van der Waals surface area contributed by atoms with E-state index in [-0.39, 0.29) is 30.6 Å². The van der Waals surface area contributed by atoms with Crippen LogP contribution in [-0.2, 0) is 9.53 Å². The zero-order chi connectivity index (χ0) is 29.3. The van der Waals surface area contributed by atoms with Gasteiger partial charge in [0.05, 0.1) is 25.4 Å². The van der Waals surface area contributed by atoms with Crippen molar-refractivity contribution in [1.29, 1.82) is 0 Å². The number of methoxy groups -OCH3 is 1. The number of aliphatic hydroxyl groups excluding tert-OH is 1. The molecular weight excluding hydrogens is 518 g/mol. The topological polar surface area (TPSA) is 94.1 Å². The average molecular weight is 568 g/mol. The van der Waals surface area contributed by atoms with Gasteiger partial charge in [-0.15, -0.1) is 0 Å². The second kappa shape index (κ2) is 18.5. The molecule has 1 aliphatic carbocycles. The largest absolute Gasteiger partial charge is 0.494 e. The highest BCUT2D eigenvalue weighted by molar-refractivity contribution is 5.96. The summed E-state index contributed by atoms with van der Waals surface area (Å²) in [7, 11) is 1.62. The van der Waals surface area contributed by atoms with Crippen LogP contribution in [0.25, 0.3) is 0 Å². The number of hydrogen-bond acceptors (Lipinski definition) is 6. The van der Waals surface area contributed by atoms with Gasteiger partial charge in [0.25, 0.3) is 0 Å². The van der Waals surface area contributed by atoms with Crippen molar-refractivity contribution in [3.8, 4) is 11.5 Å². The second-order valence-electron chi connectivity index (χ2n) is 11.1. The average Bonchev–Trinajstić information content (AvgIpc) is 3.50. The number of benzene rings is 2. The van der Waals surface area contributed by atoms with Crippen molar-refractivity contribution in [2.24, 2.45) is 5.92 Å². The highest BCUT2D eigenvalue weighted by atomic mass is 16.5. The van der Waals surface area contributed by atoms with Crippen LogP contribution in [0.1, 0.15) is 106 Å².